The number of carbonyl (C=O) groups is 2. The molecule has 0 saturated carbocycles. The number of halogens is 2. The first kappa shape index (κ1) is 18.7. The van der Waals surface area contributed by atoms with Crippen LogP contribution >= 0.6 is 31.9 Å². The monoisotopic (exact) mass is 453 g/mol. The SMILES string of the molecule is CC(=O)N[C@H](C)c1ccc(C(=O)COc2ccc(Br)cc2Br)cc1. The van der Waals surface area contributed by atoms with E-state index in [0.29, 0.717) is 11.3 Å². The van der Waals surface area contributed by atoms with Crippen molar-refractivity contribution < 1.29 is 14.3 Å². The summed E-state index contributed by atoms with van der Waals surface area (Å²) >= 11 is 6.77. The molecule has 24 heavy (non-hydrogen) atoms. The molecule has 6 heteroatoms. The highest BCUT2D eigenvalue weighted by Gasteiger charge is 2.11. The van der Waals surface area contributed by atoms with Crippen molar-refractivity contribution in [2.24, 2.45) is 0 Å². The summed E-state index contributed by atoms with van der Waals surface area (Å²) in [7, 11) is 0. The Bertz CT molecular complexity index is 744. The summed E-state index contributed by atoms with van der Waals surface area (Å²) in [5.41, 5.74) is 1.51. The highest BCUT2D eigenvalue weighted by Crippen LogP contribution is 2.28. The molecule has 0 heterocycles. The molecule has 1 amide bonds. The minimum Gasteiger partial charge on any atom is -0.484 e. The molecule has 126 valence electrons. The number of ether oxygens (including phenoxy) is 1. The number of Topliss-reactive ketones (excluding diaryl/α,β-unsaturated/α-hetero) is 1. The van der Waals surface area contributed by atoms with Crippen molar-refractivity contribution in [2.45, 2.75) is 19.9 Å². The Morgan fingerprint density at radius 2 is 1.79 bits per heavy atom. The van der Waals surface area contributed by atoms with Crippen molar-refractivity contribution in [2.75, 3.05) is 6.61 Å². The average molecular weight is 455 g/mol. The van der Waals surface area contributed by atoms with Crippen molar-refractivity contribution in [1.29, 1.82) is 0 Å². The maximum Gasteiger partial charge on any atom is 0.217 e. The third-order valence-electron chi connectivity index (χ3n) is 3.41. The normalized spacial score (nSPS) is 11.7. The van der Waals surface area contributed by atoms with Gasteiger partial charge in [0.05, 0.1) is 10.5 Å². The number of ketones is 1. The summed E-state index contributed by atoms with van der Waals surface area (Å²) in [6, 6.07) is 12.6. The first-order valence-corrected chi connectivity index (χ1v) is 8.93. The van der Waals surface area contributed by atoms with E-state index >= 15 is 0 Å². The van der Waals surface area contributed by atoms with Crippen LogP contribution in [0.2, 0.25) is 0 Å². The fraction of sp³-hybridized carbons (Fsp3) is 0.222. The second-order valence-electron chi connectivity index (χ2n) is 5.33. The van der Waals surface area contributed by atoms with E-state index in [1.54, 1.807) is 18.2 Å². The molecule has 4 nitrogen and oxygen atoms in total. The topological polar surface area (TPSA) is 55.4 Å². The van der Waals surface area contributed by atoms with Gasteiger partial charge in [0.1, 0.15) is 5.75 Å². The molecule has 1 atom stereocenters. The number of benzene rings is 2. The summed E-state index contributed by atoms with van der Waals surface area (Å²) in [4.78, 5) is 23.3. The summed E-state index contributed by atoms with van der Waals surface area (Å²) in [6.07, 6.45) is 0. The second-order valence-corrected chi connectivity index (χ2v) is 7.10. The van der Waals surface area contributed by atoms with Crippen LogP contribution in [0.5, 0.6) is 5.75 Å². The van der Waals surface area contributed by atoms with Gasteiger partial charge in [-0.1, -0.05) is 40.2 Å². The molecule has 0 fully saturated rings. The first-order valence-electron chi connectivity index (χ1n) is 7.35. The Kier molecular flexibility index (Phi) is 6.57. The lowest BCUT2D eigenvalue weighted by atomic mass is 10.0. The number of hydrogen-bond acceptors (Lipinski definition) is 3. The first-order chi connectivity index (χ1) is 11.4. The van der Waals surface area contributed by atoms with E-state index in [0.717, 1.165) is 14.5 Å². The van der Waals surface area contributed by atoms with Crippen LogP contribution < -0.4 is 10.1 Å². The minimum absolute atomic E-state index is 0.0408. The van der Waals surface area contributed by atoms with E-state index in [9.17, 15) is 9.59 Å². The molecule has 0 bridgehead atoms. The van der Waals surface area contributed by atoms with Gasteiger partial charge in [-0.15, -0.1) is 0 Å². The maximum absolute atomic E-state index is 12.2. The average Bonchev–Trinajstić information content (AvgIpc) is 2.53. The molecule has 0 spiro atoms. The van der Waals surface area contributed by atoms with Crippen LogP contribution in [0.1, 0.15) is 35.8 Å². The lowest BCUT2D eigenvalue weighted by Crippen LogP contribution is -2.23. The van der Waals surface area contributed by atoms with E-state index in [-0.39, 0.29) is 24.3 Å². The molecular formula is C18H17Br2NO3. The van der Waals surface area contributed by atoms with Gasteiger partial charge in [0, 0.05) is 17.0 Å². The second kappa shape index (κ2) is 8.44. The molecule has 2 aromatic carbocycles. The highest BCUT2D eigenvalue weighted by molar-refractivity contribution is 9.11. The molecule has 1 N–H and O–H groups in total. The molecule has 0 unspecified atom stereocenters. The van der Waals surface area contributed by atoms with Crippen LogP contribution in [0.4, 0.5) is 0 Å². The largest absolute Gasteiger partial charge is 0.484 e. The van der Waals surface area contributed by atoms with Crippen molar-refractivity contribution in [3.63, 3.8) is 0 Å². The minimum atomic E-state index is -0.108. The van der Waals surface area contributed by atoms with Gasteiger partial charge in [0.25, 0.3) is 0 Å². The Hall–Kier alpha value is -1.66. The molecule has 2 aromatic rings. The molecule has 2 rings (SSSR count). The van der Waals surface area contributed by atoms with Crippen molar-refractivity contribution in [3.05, 3.63) is 62.5 Å². The Morgan fingerprint density at radius 1 is 1.12 bits per heavy atom. The molecule has 0 aliphatic carbocycles. The van der Waals surface area contributed by atoms with Crippen molar-refractivity contribution in [1.82, 2.24) is 5.32 Å². The van der Waals surface area contributed by atoms with E-state index in [2.05, 4.69) is 37.2 Å². The fourth-order valence-corrected chi connectivity index (χ4v) is 3.33. The Balaban J connectivity index is 1.98. The van der Waals surface area contributed by atoms with Gasteiger partial charge in [0.2, 0.25) is 5.91 Å². The number of nitrogens with one attached hydrogen (secondary N) is 1. The summed E-state index contributed by atoms with van der Waals surface area (Å²) in [6.45, 7) is 3.33. The maximum atomic E-state index is 12.2. The van der Waals surface area contributed by atoms with E-state index in [1.165, 1.54) is 6.92 Å². The molecular weight excluding hydrogens is 438 g/mol. The van der Waals surface area contributed by atoms with Crippen LogP contribution in [0, 0.1) is 0 Å². The van der Waals surface area contributed by atoms with Crippen LogP contribution in [0.15, 0.2) is 51.4 Å². The predicted octanol–water partition coefficient (Wildman–Crippen LogP) is 4.67. The van der Waals surface area contributed by atoms with E-state index in [4.69, 9.17) is 4.74 Å². The zero-order valence-electron chi connectivity index (χ0n) is 13.3. The van der Waals surface area contributed by atoms with Crippen LogP contribution in [-0.2, 0) is 4.79 Å². The molecule has 0 aliphatic heterocycles. The fourth-order valence-electron chi connectivity index (χ4n) is 2.16. The summed E-state index contributed by atoms with van der Waals surface area (Å²) in [5, 5.41) is 2.81. The third kappa shape index (κ3) is 5.18. The van der Waals surface area contributed by atoms with E-state index in [1.807, 2.05) is 31.2 Å². The van der Waals surface area contributed by atoms with Gasteiger partial charge in [-0.25, -0.2) is 0 Å². The van der Waals surface area contributed by atoms with Crippen molar-refractivity contribution >= 4 is 43.6 Å². The van der Waals surface area contributed by atoms with Gasteiger partial charge in [-0.05, 0) is 46.6 Å². The van der Waals surface area contributed by atoms with Gasteiger partial charge in [-0.3, -0.25) is 9.59 Å². The van der Waals surface area contributed by atoms with Crippen LogP contribution in [0.25, 0.3) is 0 Å². The summed E-state index contributed by atoms with van der Waals surface area (Å²) in [5.74, 6) is 0.419. The number of amides is 1. The molecule has 0 aromatic heterocycles. The predicted molar refractivity (Wildman–Crippen MR) is 100 cm³/mol. The number of carbonyl (C=O) groups excluding carboxylic acids is 2. The molecule has 0 radical (unpaired) electrons. The van der Waals surface area contributed by atoms with Crippen LogP contribution in [0.3, 0.4) is 0 Å². The zero-order chi connectivity index (χ0) is 17.7. The lowest BCUT2D eigenvalue weighted by molar-refractivity contribution is -0.119. The smallest absolute Gasteiger partial charge is 0.217 e. The quantitative estimate of drug-likeness (QED) is 0.645. The number of hydrogen-bond donors (Lipinski definition) is 1. The lowest BCUT2D eigenvalue weighted by Gasteiger charge is -2.13. The zero-order valence-corrected chi connectivity index (χ0v) is 16.5. The van der Waals surface area contributed by atoms with Gasteiger partial charge in [-0.2, -0.15) is 0 Å². The van der Waals surface area contributed by atoms with Crippen molar-refractivity contribution in [3.8, 4) is 5.75 Å². The standard InChI is InChI=1S/C18H17Br2NO3/c1-11(21-12(2)22)13-3-5-14(6-4-13)17(23)10-24-18-8-7-15(19)9-16(18)20/h3-9,11H,10H2,1-2H3,(H,21,22)/t11-/m1/s1. The van der Waals surface area contributed by atoms with Crippen LogP contribution in [-0.4, -0.2) is 18.3 Å². The summed E-state index contributed by atoms with van der Waals surface area (Å²) < 4.78 is 7.27. The third-order valence-corrected chi connectivity index (χ3v) is 4.52. The highest BCUT2D eigenvalue weighted by atomic mass is 79.9. The molecule has 0 aliphatic rings. The van der Waals surface area contributed by atoms with Gasteiger partial charge in [0.15, 0.2) is 12.4 Å². The van der Waals surface area contributed by atoms with Gasteiger partial charge < -0.3 is 10.1 Å². The number of rotatable bonds is 6. The van der Waals surface area contributed by atoms with Gasteiger partial charge >= 0.3 is 0 Å². The Labute approximate surface area is 157 Å². The van der Waals surface area contributed by atoms with E-state index < -0.39 is 0 Å². The Morgan fingerprint density at radius 3 is 2.38 bits per heavy atom. The molecule has 0 saturated heterocycles.